The highest BCUT2D eigenvalue weighted by molar-refractivity contribution is 9.10. The lowest BCUT2D eigenvalue weighted by atomic mass is 10.1. The molecule has 1 atom stereocenters. The van der Waals surface area contributed by atoms with Crippen LogP contribution in [-0.2, 0) is 0 Å². The third kappa shape index (κ3) is 3.63. The summed E-state index contributed by atoms with van der Waals surface area (Å²) in [6, 6.07) is 7.73. The quantitative estimate of drug-likeness (QED) is 0.869. The van der Waals surface area contributed by atoms with Gasteiger partial charge in [0.1, 0.15) is 0 Å². The second-order valence-corrected chi connectivity index (χ2v) is 5.48. The molecule has 1 saturated heterocycles. The van der Waals surface area contributed by atoms with Gasteiger partial charge in [-0.1, -0.05) is 28.1 Å². The maximum Gasteiger partial charge on any atom is 0.176 e. The Morgan fingerprint density at radius 2 is 2.12 bits per heavy atom. The maximum atomic E-state index is 12.0. The first-order valence-corrected chi connectivity index (χ1v) is 6.71. The van der Waals surface area contributed by atoms with Crippen LogP contribution in [0.3, 0.4) is 0 Å². The number of likely N-dealkylation sites (tertiary alicyclic amines) is 1. The summed E-state index contributed by atoms with van der Waals surface area (Å²) in [5.41, 5.74) is 6.67. The lowest BCUT2D eigenvalue weighted by Gasteiger charge is -2.29. The molecule has 2 rings (SSSR count). The van der Waals surface area contributed by atoms with Crippen LogP contribution in [0.2, 0.25) is 0 Å². The molecule has 1 aliphatic heterocycles. The fraction of sp³-hybridized carbons (Fsp3) is 0.462. The normalized spacial score (nSPS) is 21.4. The third-order valence-corrected chi connectivity index (χ3v) is 3.60. The van der Waals surface area contributed by atoms with Gasteiger partial charge in [-0.25, -0.2) is 0 Å². The fourth-order valence-corrected chi connectivity index (χ4v) is 2.43. The maximum absolute atomic E-state index is 12.0. The minimum absolute atomic E-state index is 0.173. The molecule has 0 radical (unpaired) electrons. The van der Waals surface area contributed by atoms with Crippen LogP contribution in [0.15, 0.2) is 28.7 Å². The van der Waals surface area contributed by atoms with E-state index < -0.39 is 0 Å². The van der Waals surface area contributed by atoms with E-state index >= 15 is 0 Å². The molecule has 92 valence electrons. The molecule has 0 spiro atoms. The van der Waals surface area contributed by atoms with Crippen molar-refractivity contribution in [3.8, 4) is 0 Å². The Labute approximate surface area is 110 Å². The molecule has 4 heteroatoms. The molecule has 1 aliphatic rings. The zero-order chi connectivity index (χ0) is 12.3. The van der Waals surface area contributed by atoms with Crippen molar-refractivity contribution in [3.05, 3.63) is 34.3 Å². The Morgan fingerprint density at radius 3 is 2.76 bits per heavy atom. The predicted molar refractivity (Wildman–Crippen MR) is 72.1 cm³/mol. The van der Waals surface area contributed by atoms with Gasteiger partial charge < -0.3 is 5.73 Å². The van der Waals surface area contributed by atoms with Crippen molar-refractivity contribution < 1.29 is 4.79 Å². The molecular weight excluding hydrogens is 280 g/mol. The van der Waals surface area contributed by atoms with E-state index in [1.165, 1.54) is 0 Å². The molecule has 3 nitrogen and oxygen atoms in total. The van der Waals surface area contributed by atoms with Crippen molar-refractivity contribution in [2.45, 2.75) is 18.9 Å². The fourth-order valence-electron chi connectivity index (χ4n) is 2.17. The van der Waals surface area contributed by atoms with Gasteiger partial charge in [0.15, 0.2) is 5.78 Å². The van der Waals surface area contributed by atoms with E-state index in [1.807, 2.05) is 24.3 Å². The molecule has 0 aromatic heterocycles. The van der Waals surface area contributed by atoms with Gasteiger partial charge in [-0.15, -0.1) is 0 Å². The molecule has 0 bridgehead atoms. The largest absolute Gasteiger partial charge is 0.327 e. The number of Topliss-reactive ketones (excluding diaryl/α,β-unsaturated/α-hetero) is 1. The van der Waals surface area contributed by atoms with Gasteiger partial charge in [-0.2, -0.15) is 0 Å². The summed E-state index contributed by atoms with van der Waals surface area (Å²) in [5, 5.41) is 0. The molecule has 1 aromatic carbocycles. The summed E-state index contributed by atoms with van der Waals surface area (Å²) >= 11 is 3.36. The molecule has 1 fully saturated rings. The first-order valence-electron chi connectivity index (χ1n) is 5.92. The molecule has 1 heterocycles. The number of piperidine rings is 1. The van der Waals surface area contributed by atoms with E-state index in [4.69, 9.17) is 5.73 Å². The van der Waals surface area contributed by atoms with Crippen LogP contribution in [0.25, 0.3) is 0 Å². The molecule has 2 N–H and O–H groups in total. The van der Waals surface area contributed by atoms with E-state index in [-0.39, 0.29) is 11.8 Å². The number of hydrogen-bond donors (Lipinski definition) is 1. The van der Waals surface area contributed by atoms with Gasteiger partial charge in [0.25, 0.3) is 0 Å². The second-order valence-electron chi connectivity index (χ2n) is 4.57. The zero-order valence-electron chi connectivity index (χ0n) is 9.73. The summed E-state index contributed by atoms with van der Waals surface area (Å²) < 4.78 is 0.994. The van der Waals surface area contributed by atoms with E-state index in [2.05, 4.69) is 20.8 Å². The van der Waals surface area contributed by atoms with Gasteiger partial charge in [-0.05, 0) is 31.5 Å². The standard InChI is InChI=1S/C13H17BrN2O/c14-11-5-3-10(4-6-11)13(17)9-16-7-1-2-12(15)8-16/h3-6,12H,1-2,7-9,15H2. The molecule has 1 unspecified atom stereocenters. The monoisotopic (exact) mass is 296 g/mol. The number of carbonyl (C=O) groups is 1. The number of rotatable bonds is 3. The number of carbonyl (C=O) groups excluding carboxylic acids is 1. The van der Waals surface area contributed by atoms with Crippen LogP contribution in [0.4, 0.5) is 0 Å². The second kappa shape index (κ2) is 5.76. The van der Waals surface area contributed by atoms with E-state index in [9.17, 15) is 4.79 Å². The van der Waals surface area contributed by atoms with Gasteiger partial charge in [-0.3, -0.25) is 9.69 Å². The van der Waals surface area contributed by atoms with Crippen LogP contribution < -0.4 is 5.73 Å². The summed E-state index contributed by atoms with van der Waals surface area (Å²) in [7, 11) is 0. The highest BCUT2D eigenvalue weighted by atomic mass is 79.9. The number of nitrogens with two attached hydrogens (primary N) is 1. The van der Waals surface area contributed by atoms with Gasteiger partial charge >= 0.3 is 0 Å². The Balaban J connectivity index is 1.94. The van der Waals surface area contributed by atoms with Crippen molar-refractivity contribution in [2.75, 3.05) is 19.6 Å². The first kappa shape index (κ1) is 12.7. The number of ketones is 1. The van der Waals surface area contributed by atoms with Crippen molar-refractivity contribution in [2.24, 2.45) is 5.73 Å². The summed E-state index contributed by atoms with van der Waals surface area (Å²) in [6.45, 7) is 2.30. The van der Waals surface area contributed by atoms with Crippen molar-refractivity contribution in [1.29, 1.82) is 0 Å². The molecule has 0 aliphatic carbocycles. The molecule has 0 saturated carbocycles. The average Bonchev–Trinajstić information content (AvgIpc) is 2.29. The number of hydrogen-bond acceptors (Lipinski definition) is 3. The van der Waals surface area contributed by atoms with Gasteiger partial charge in [0, 0.05) is 22.6 Å². The summed E-state index contributed by atoms with van der Waals surface area (Å²) in [5.74, 6) is 0.173. The highest BCUT2D eigenvalue weighted by Crippen LogP contribution is 2.13. The Morgan fingerprint density at radius 1 is 1.41 bits per heavy atom. The number of nitrogens with zero attached hydrogens (tertiary/aromatic N) is 1. The third-order valence-electron chi connectivity index (χ3n) is 3.08. The van der Waals surface area contributed by atoms with Crippen LogP contribution >= 0.6 is 15.9 Å². The highest BCUT2D eigenvalue weighted by Gasteiger charge is 2.19. The van der Waals surface area contributed by atoms with Gasteiger partial charge in [0.2, 0.25) is 0 Å². The van der Waals surface area contributed by atoms with Crippen LogP contribution in [-0.4, -0.2) is 36.4 Å². The molecule has 1 aromatic rings. The van der Waals surface area contributed by atoms with Crippen molar-refractivity contribution in [3.63, 3.8) is 0 Å². The van der Waals surface area contributed by atoms with Crippen LogP contribution in [0.5, 0.6) is 0 Å². The van der Waals surface area contributed by atoms with Crippen LogP contribution in [0.1, 0.15) is 23.2 Å². The Bertz CT molecular complexity index is 391. The minimum atomic E-state index is 0.173. The Hall–Kier alpha value is -0.710. The van der Waals surface area contributed by atoms with Crippen molar-refractivity contribution >= 4 is 21.7 Å². The molecule has 17 heavy (non-hydrogen) atoms. The predicted octanol–water partition coefficient (Wildman–Crippen LogP) is 2.05. The van der Waals surface area contributed by atoms with Crippen molar-refractivity contribution in [1.82, 2.24) is 4.90 Å². The number of benzene rings is 1. The lowest BCUT2D eigenvalue weighted by molar-refractivity contribution is 0.0908. The zero-order valence-corrected chi connectivity index (χ0v) is 11.3. The van der Waals surface area contributed by atoms with Crippen LogP contribution in [0, 0.1) is 0 Å². The molecular formula is C13H17BrN2O. The van der Waals surface area contributed by atoms with Gasteiger partial charge in [0.05, 0.1) is 6.54 Å². The lowest BCUT2D eigenvalue weighted by Crippen LogP contribution is -2.44. The van der Waals surface area contributed by atoms with E-state index in [0.717, 1.165) is 36.0 Å². The Kier molecular flexibility index (Phi) is 4.31. The average molecular weight is 297 g/mol. The summed E-state index contributed by atoms with van der Waals surface area (Å²) in [4.78, 5) is 14.2. The minimum Gasteiger partial charge on any atom is -0.327 e. The van der Waals surface area contributed by atoms with E-state index in [1.54, 1.807) is 0 Å². The number of halogens is 1. The molecule has 0 amide bonds. The first-order chi connectivity index (χ1) is 8.15. The topological polar surface area (TPSA) is 46.3 Å². The van der Waals surface area contributed by atoms with E-state index in [0.29, 0.717) is 6.54 Å². The smallest absolute Gasteiger partial charge is 0.176 e. The summed E-state index contributed by atoms with van der Waals surface area (Å²) in [6.07, 6.45) is 2.16. The SMILES string of the molecule is NC1CCCN(CC(=O)c2ccc(Br)cc2)C1.